The van der Waals surface area contributed by atoms with Crippen LogP contribution < -0.4 is 10.6 Å². The van der Waals surface area contributed by atoms with E-state index in [4.69, 9.17) is 12.2 Å². The van der Waals surface area contributed by atoms with Gasteiger partial charge in [-0.2, -0.15) is 0 Å². The van der Waals surface area contributed by atoms with Crippen molar-refractivity contribution in [2.24, 2.45) is 0 Å². The molecule has 0 unspecified atom stereocenters. The Morgan fingerprint density at radius 1 is 0.708 bits per heavy atom. The third-order valence-corrected chi connectivity index (χ3v) is 4.18. The fourth-order valence-electron chi connectivity index (χ4n) is 2.74. The number of hydrogen-bond acceptors (Lipinski definition) is 1. The van der Waals surface area contributed by atoms with E-state index in [0.29, 0.717) is 5.11 Å². The van der Waals surface area contributed by atoms with E-state index in [0.717, 1.165) is 22.5 Å². The number of rotatable bonds is 3. The van der Waals surface area contributed by atoms with Crippen LogP contribution in [0.1, 0.15) is 11.1 Å². The fraction of sp³-hybridized carbons (Fsp3) is 0.0952. The molecule has 2 N–H and O–H groups in total. The molecule has 120 valence electrons. The SMILES string of the molecule is Cc1cccc(C)c1NC(=S)Nc1ccccc1-c1ccccc1. The smallest absolute Gasteiger partial charge is 0.175 e. The zero-order chi connectivity index (χ0) is 16.9. The first-order valence-corrected chi connectivity index (χ1v) is 8.34. The van der Waals surface area contributed by atoms with Crippen LogP contribution >= 0.6 is 12.2 Å². The van der Waals surface area contributed by atoms with Crippen molar-refractivity contribution < 1.29 is 0 Å². The maximum atomic E-state index is 5.52. The second kappa shape index (κ2) is 7.28. The Bertz CT molecular complexity index is 836. The van der Waals surface area contributed by atoms with E-state index in [2.05, 4.69) is 60.9 Å². The summed E-state index contributed by atoms with van der Waals surface area (Å²) in [6, 6.07) is 24.7. The molecule has 0 spiro atoms. The first kappa shape index (κ1) is 16.2. The molecule has 0 radical (unpaired) electrons. The van der Waals surface area contributed by atoms with Gasteiger partial charge in [-0.3, -0.25) is 0 Å². The van der Waals surface area contributed by atoms with Gasteiger partial charge in [0.15, 0.2) is 5.11 Å². The molecule has 0 atom stereocenters. The number of nitrogens with one attached hydrogen (secondary N) is 2. The van der Waals surface area contributed by atoms with Crippen molar-refractivity contribution in [3.8, 4) is 11.1 Å². The first-order valence-electron chi connectivity index (χ1n) is 7.94. The van der Waals surface area contributed by atoms with Crippen LogP contribution in [0, 0.1) is 13.8 Å². The van der Waals surface area contributed by atoms with E-state index in [1.54, 1.807) is 0 Å². The number of thiocarbonyl (C=S) groups is 1. The van der Waals surface area contributed by atoms with Crippen molar-refractivity contribution in [1.82, 2.24) is 0 Å². The van der Waals surface area contributed by atoms with E-state index < -0.39 is 0 Å². The first-order chi connectivity index (χ1) is 11.6. The summed E-state index contributed by atoms with van der Waals surface area (Å²) in [5, 5.41) is 7.25. The molecule has 3 heteroatoms. The lowest BCUT2D eigenvalue weighted by Crippen LogP contribution is -2.20. The molecule has 0 aliphatic heterocycles. The number of anilines is 2. The molecule has 0 heterocycles. The van der Waals surface area contributed by atoms with Crippen molar-refractivity contribution >= 4 is 28.7 Å². The van der Waals surface area contributed by atoms with Crippen LogP contribution in [0.25, 0.3) is 11.1 Å². The molecule has 3 rings (SSSR count). The lowest BCUT2D eigenvalue weighted by atomic mass is 10.0. The van der Waals surface area contributed by atoms with Crippen LogP contribution in [-0.2, 0) is 0 Å². The molecule has 0 saturated heterocycles. The van der Waals surface area contributed by atoms with Crippen LogP contribution in [0.5, 0.6) is 0 Å². The van der Waals surface area contributed by atoms with Gasteiger partial charge >= 0.3 is 0 Å². The molecule has 0 aliphatic carbocycles. The minimum Gasteiger partial charge on any atom is -0.332 e. The summed E-state index contributed by atoms with van der Waals surface area (Å²) in [5.41, 5.74) is 6.70. The molecule has 2 nitrogen and oxygen atoms in total. The zero-order valence-corrected chi connectivity index (χ0v) is 14.7. The van der Waals surface area contributed by atoms with Crippen molar-refractivity contribution in [1.29, 1.82) is 0 Å². The standard InChI is InChI=1S/C21H20N2S/c1-15-9-8-10-16(2)20(15)23-21(24)22-19-14-7-6-13-18(19)17-11-4-3-5-12-17/h3-14H,1-2H3,(H2,22,23,24). The quantitative estimate of drug-likeness (QED) is 0.595. The average Bonchev–Trinajstić information content (AvgIpc) is 2.60. The third-order valence-electron chi connectivity index (χ3n) is 3.98. The molecular weight excluding hydrogens is 312 g/mol. The van der Waals surface area contributed by atoms with E-state index in [1.807, 2.05) is 36.4 Å². The Hall–Kier alpha value is -2.65. The van der Waals surface area contributed by atoms with E-state index in [1.165, 1.54) is 11.1 Å². The Labute approximate surface area is 148 Å². The predicted molar refractivity (Wildman–Crippen MR) is 108 cm³/mol. The van der Waals surface area contributed by atoms with Crippen LogP contribution in [0.2, 0.25) is 0 Å². The average molecular weight is 332 g/mol. The van der Waals surface area contributed by atoms with Gasteiger partial charge in [-0.15, -0.1) is 0 Å². The molecule has 3 aromatic rings. The molecule has 0 saturated carbocycles. The van der Waals surface area contributed by atoms with Gasteiger partial charge in [-0.05, 0) is 48.8 Å². The molecule has 0 fully saturated rings. The Morgan fingerprint density at radius 3 is 2.04 bits per heavy atom. The highest BCUT2D eigenvalue weighted by molar-refractivity contribution is 7.80. The summed E-state index contributed by atoms with van der Waals surface area (Å²) in [6.07, 6.45) is 0. The predicted octanol–water partition coefficient (Wildman–Crippen LogP) is 5.78. The minimum atomic E-state index is 0.593. The van der Waals surface area contributed by atoms with Crippen molar-refractivity contribution in [3.05, 3.63) is 83.9 Å². The molecule has 0 amide bonds. The molecule has 0 bridgehead atoms. The van der Waals surface area contributed by atoms with Gasteiger partial charge in [0.05, 0.1) is 0 Å². The lowest BCUT2D eigenvalue weighted by Gasteiger charge is -2.17. The summed E-state index contributed by atoms with van der Waals surface area (Å²) in [5.74, 6) is 0. The monoisotopic (exact) mass is 332 g/mol. The largest absolute Gasteiger partial charge is 0.332 e. The number of aryl methyl sites for hydroxylation is 2. The summed E-state index contributed by atoms with van der Waals surface area (Å²) < 4.78 is 0. The Kier molecular flexibility index (Phi) is 4.92. The highest BCUT2D eigenvalue weighted by Gasteiger charge is 2.08. The second-order valence-corrected chi connectivity index (χ2v) is 6.17. The van der Waals surface area contributed by atoms with E-state index in [-0.39, 0.29) is 0 Å². The summed E-state index contributed by atoms with van der Waals surface area (Å²) in [4.78, 5) is 0. The maximum absolute atomic E-state index is 5.52. The van der Waals surface area contributed by atoms with E-state index >= 15 is 0 Å². The fourth-order valence-corrected chi connectivity index (χ4v) is 2.95. The van der Waals surface area contributed by atoms with Gasteiger partial charge in [0.2, 0.25) is 0 Å². The highest BCUT2D eigenvalue weighted by atomic mass is 32.1. The van der Waals surface area contributed by atoms with Gasteiger partial charge in [0, 0.05) is 16.9 Å². The van der Waals surface area contributed by atoms with Gasteiger partial charge in [-0.25, -0.2) is 0 Å². The topological polar surface area (TPSA) is 24.1 Å². The minimum absolute atomic E-state index is 0.593. The normalized spacial score (nSPS) is 10.2. The molecule has 0 aromatic heterocycles. The van der Waals surface area contributed by atoms with Crippen molar-refractivity contribution in [3.63, 3.8) is 0 Å². The van der Waals surface area contributed by atoms with Gasteiger partial charge in [-0.1, -0.05) is 66.7 Å². The Balaban J connectivity index is 1.83. The molecule has 0 aliphatic rings. The molecule has 3 aromatic carbocycles. The second-order valence-electron chi connectivity index (χ2n) is 5.76. The van der Waals surface area contributed by atoms with Crippen LogP contribution in [-0.4, -0.2) is 5.11 Å². The third kappa shape index (κ3) is 3.63. The maximum Gasteiger partial charge on any atom is 0.175 e. The lowest BCUT2D eigenvalue weighted by molar-refractivity contribution is 1.37. The Morgan fingerprint density at radius 2 is 1.33 bits per heavy atom. The molecule has 24 heavy (non-hydrogen) atoms. The highest BCUT2D eigenvalue weighted by Crippen LogP contribution is 2.28. The zero-order valence-electron chi connectivity index (χ0n) is 13.8. The van der Waals surface area contributed by atoms with Crippen LogP contribution in [0.4, 0.5) is 11.4 Å². The number of hydrogen-bond donors (Lipinski definition) is 2. The van der Waals surface area contributed by atoms with Gasteiger partial charge < -0.3 is 10.6 Å². The molecular formula is C21H20N2S. The van der Waals surface area contributed by atoms with E-state index in [9.17, 15) is 0 Å². The number of benzene rings is 3. The van der Waals surface area contributed by atoms with Gasteiger partial charge in [0.25, 0.3) is 0 Å². The van der Waals surface area contributed by atoms with Crippen molar-refractivity contribution in [2.45, 2.75) is 13.8 Å². The van der Waals surface area contributed by atoms with Crippen LogP contribution in [0.3, 0.4) is 0 Å². The summed E-state index contributed by atoms with van der Waals surface area (Å²) in [6.45, 7) is 4.16. The summed E-state index contributed by atoms with van der Waals surface area (Å²) >= 11 is 5.52. The number of para-hydroxylation sites is 2. The summed E-state index contributed by atoms with van der Waals surface area (Å²) in [7, 11) is 0. The van der Waals surface area contributed by atoms with Crippen LogP contribution in [0.15, 0.2) is 72.8 Å². The van der Waals surface area contributed by atoms with Gasteiger partial charge in [0.1, 0.15) is 0 Å². The van der Waals surface area contributed by atoms with Crippen molar-refractivity contribution in [2.75, 3.05) is 10.6 Å².